The Morgan fingerprint density at radius 3 is 2.78 bits per heavy atom. The van der Waals surface area contributed by atoms with Crippen LogP contribution in [0.1, 0.15) is 26.2 Å². The third-order valence-electron chi connectivity index (χ3n) is 3.40. The maximum absolute atomic E-state index is 12.3. The van der Waals surface area contributed by atoms with Crippen molar-refractivity contribution < 1.29 is 4.79 Å². The molecule has 1 atom stereocenters. The van der Waals surface area contributed by atoms with Crippen molar-refractivity contribution in [3.8, 4) is 0 Å². The van der Waals surface area contributed by atoms with E-state index in [4.69, 9.17) is 28.9 Å². The SMILES string of the molecule is CCC1CCCN(c2cc(N)c(Cl)cc2Cl)C1=O. The van der Waals surface area contributed by atoms with Gasteiger partial charge in [0.1, 0.15) is 0 Å². The van der Waals surface area contributed by atoms with Crippen molar-refractivity contribution in [1.29, 1.82) is 0 Å². The number of hydrogen-bond acceptors (Lipinski definition) is 2. The van der Waals surface area contributed by atoms with E-state index in [1.165, 1.54) is 0 Å². The number of carbonyl (C=O) groups is 1. The van der Waals surface area contributed by atoms with Gasteiger partial charge in [-0.2, -0.15) is 0 Å². The van der Waals surface area contributed by atoms with Crippen LogP contribution in [0.4, 0.5) is 11.4 Å². The molecule has 1 unspecified atom stereocenters. The molecule has 1 amide bonds. The Bertz CT molecular complexity index is 476. The molecule has 1 aliphatic rings. The number of anilines is 2. The first kappa shape index (κ1) is 13.5. The second-order valence-corrected chi connectivity index (χ2v) is 5.38. The second kappa shape index (κ2) is 5.37. The van der Waals surface area contributed by atoms with Gasteiger partial charge in [0.25, 0.3) is 0 Å². The summed E-state index contributed by atoms with van der Waals surface area (Å²) in [4.78, 5) is 14.0. The summed E-state index contributed by atoms with van der Waals surface area (Å²) in [5, 5.41) is 0.888. The van der Waals surface area contributed by atoms with Gasteiger partial charge in [0.15, 0.2) is 0 Å². The van der Waals surface area contributed by atoms with Crippen LogP contribution in [0.15, 0.2) is 12.1 Å². The van der Waals surface area contributed by atoms with Crippen LogP contribution in [0.25, 0.3) is 0 Å². The summed E-state index contributed by atoms with van der Waals surface area (Å²) in [7, 11) is 0. The Balaban J connectivity index is 2.36. The van der Waals surface area contributed by atoms with Gasteiger partial charge in [-0.05, 0) is 31.4 Å². The summed E-state index contributed by atoms with van der Waals surface area (Å²) in [5.74, 6) is 0.221. The largest absolute Gasteiger partial charge is 0.397 e. The Morgan fingerprint density at radius 2 is 2.11 bits per heavy atom. The highest BCUT2D eigenvalue weighted by molar-refractivity contribution is 6.38. The summed E-state index contributed by atoms with van der Waals surface area (Å²) in [6, 6.07) is 3.28. The maximum Gasteiger partial charge on any atom is 0.230 e. The van der Waals surface area contributed by atoms with Crippen molar-refractivity contribution in [2.75, 3.05) is 17.2 Å². The molecule has 98 valence electrons. The first-order valence-corrected chi connectivity index (χ1v) is 6.86. The molecule has 5 heteroatoms. The highest BCUT2D eigenvalue weighted by Crippen LogP contribution is 2.36. The Morgan fingerprint density at radius 1 is 1.39 bits per heavy atom. The molecule has 1 saturated heterocycles. The number of carbonyl (C=O) groups excluding carboxylic acids is 1. The number of rotatable bonds is 2. The van der Waals surface area contributed by atoms with Crippen molar-refractivity contribution in [2.24, 2.45) is 5.92 Å². The van der Waals surface area contributed by atoms with Crippen LogP contribution in [0, 0.1) is 5.92 Å². The van der Waals surface area contributed by atoms with Crippen molar-refractivity contribution in [3.63, 3.8) is 0 Å². The first-order valence-electron chi connectivity index (χ1n) is 6.10. The Labute approximate surface area is 117 Å². The van der Waals surface area contributed by atoms with Gasteiger partial charge < -0.3 is 10.6 Å². The topological polar surface area (TPSA) is 46.3 Å². The zero-order valence-electron chi connectivity index (χ0n) is 10.2. The minimum absolute atomic E-state index is 0.0896. The maximum atomic E-state index is 12.3. The van der Waals surface area contributed by atoms with Gasteiger partial charge in [0.2, 0.25) is 5.91 Å². The molecule has 2 rings (SSSR count). The minimum Gasteiger partial charge on any atom is -0.397 e. The number of amides is 1. The lowest BCUT2D eigenvalue weighted by molar-refractivity contribution is -0.123. The van der Waals surface area contributed by atoms with Crippen LogP contribution in [0.5, 0.6) is 0 Å². The number of nitrogens with two attached hydrogens (primary N) is 1. The van der Waals surface area contributed by atoms with E-state index in [9.17, 15) is 4.79 Å². The Kier molecular flexibility index (Phi) is 4.03. The molecule has 1 aliphatic heterocycles. The predicted octanol–water partition coefficient (Wildman–Crippen LogP) is 3.73. The fourth-order valence-corrected chi connectivity index (χ4v) is 2.81. The molecular weight excluding hydrogens is 271 g/mol. The lowest BCUT2D eigenvalue weighted by Crippen LogP contribution is -2.41. The van der Waals surface area contributed by atoms with Crippen molar-refractivity contribution in [2.45, 2.75) is 26.2 Å². The average molecular weight is 287 g/mol. The van der Waals surface area contributed by atoms with E-state index in [1.54, 1.807) is 17.0 Å². The molecule has 1 fully saturated rings. The molecule has 0 spiro atoms. The molecule has 18 heavy (non-hydrogen) atoms. The van der Waals surface area contributed by atoms with Crippen LogP contribution in [0.3, 0.4) is 0 Å². The number of piperidine rings is 1. The molecule has 2 N–H and O–H groups in total. The number of nitrogen functional groups attached to an aromatic ring is 1. The summed E-state index contributed by atoms with van der Waals surface area (Å²) in [6.45, 7) is 2.72. The van der Waals surface area contributed by atoms with E-state index in [0.717, 1.165) is 19.3 Å². The molecule has 0 bridgehead atoms. The molecule has 0 radical (unpaired) electrons. The third kappa shape index (κ3) is 2.43. The van der Waals surface area contributed by atoms with E-state index in [-0.39, 0.29) is 11.8 Å². The lowest BCUT2D eigenvalue weighted by atomic mass is 9.94. The highest BCUT2D eigenvalue weighted by Gasteiger charge is 2.29. The first-order chi connectivity index (χ1) is 8.54. The zero-order chi connectivity index (χ0) is 13.3. The van der Waals surface area contributed by atoms with Crippen molar-refractivity contribution in [1.82, 2.24) is 0 Å². The fraction of sp³-hybridized carbons (Fsp3) is 0.462. The normalized spacial score (nSPS) is 20.3. The van der Waals surface area contributed by atoms with Gasteiger partial charge in [0, 0.05) is 12.5 Å². The molecule has 1 heterocycles. The van der Waals surface area contributed by atoms with E-state index in [1.807, 2.05) is 6.92 Å². The molecule has 1 aromatic rings. The average Bonchev–Trinajstić information content (AvgIpc) is 2.34. The van der Waals surface area contributed by atoms with Gasteiger partial charge in [-0.3, -0.25) is 4.79 Å². The predicted molar refractivity (Wildman–Crippen MR) is 76.2 cm³/mol. The minimum atomic E-state index is 0.0896. The number of benzene rings is 1. The lowest BCUT2D eigenvalue weighted by Gasteiger charge is -2.32. The van der Waals surface area contributed by atoms with Gasteiger partial charge >= 0.3 is 0 Å². The van der Waals surface area contributed by atoms with Gasteiger partial charge in [0.05, 0.1) is 21.4 Å². The van der Waals surface area contributed by atoms with Gasteiger partial charge in [-0.1, -0.05) is 30.1 Å². The highest BCUT2D eigenvalue weighted by atomic mass is 35.5. The molecule has 1 aromatic carbocycles. The number of hydrogen-bond donors (Lipinski definition) is 1. The van der Waals surface area contributed by atoms with Gasteiger partial charge in [-0.25, -0.2) is 0 Å². The van der Waals surface area contributed by atoms with Crippen LogP contribution in [0.2, 0.25) is 10.0 Å². The Hall–Kier alpha value is -0.930. The number of halogens is 2. The summed E-state index contributed by atoms with van der Waals surface area (Å²) < 4.78 is 0. The standard InChI is InChI=1S/C13H16Cl2N2O/c1-2-8-4-3-5-17(13(8)18)12-7-11(16)9(14)6-10(12)15/h6-8H,2-5,16H2,1H3. The van der Waals surface area contributed by atoms with E-state index in [0.29, 0.717) is 28.0 Å². The summed E-state index contributed by atoms with van der Waals surface area (Å²) >= 11 is 12.1. The molecule has 0 saturated carbocycles. The van der Waals surface area contributed by atoms with Crippen molar-refractivity contribution >= 4 is 40.5 Å². The summed E-state index contributed by atoms with van der Waals surface area (Å²) in [5.41, 5.74) is 6.90. The van der Waals surface area contributed by atoms with E-state index >= 15 is 0 Å². The van der Waals surface area contributed by atoms with Crippen LogP contribution in [-0.4, -0.2) is 12.5 Å². The number of nitrogens with zero attached hydrogens (tertiary/aromatic N) is 1. The van der Waals surface area contributed by atoms with Crippen molar-refractivity contribution in [3.05, 3.63) is 22.2 Å². The molecule has 0 aromatic heterocycles. The third-order valence-corrected chi connectivity index (χ3v) is 4.03. The molecule has 0 aliphatic carbocycles. The zero-order valence-corrected chi connectivity index (χ0v) is 11.8. The smallest absolute Gasteiger partial charge is 0.230 e. The summed E-state index contributed by atoms with van der Waals surface area (Å²) in [6.07, 6.45) is 2.80. The fourth-order valence-electron chi connectivity index (χ4n) is 2.33. The van der Waals surface area contributed by atoms with Crippen LogP contribution < -0.4 is 10.6 Å². The van der Waals surface area contributed by atoms with Gasteiger partial charge in [-0.15, -0.1) is 0 Å². The monoisotopic (exact) mass is 286 g/mol. The quantitative estimate of drug-likeness (QED) is 0.842. The van der Waals surface area contributed by atoms with Crippen LogP contribution in [-0.2, 0) is 4.79 Å². The molecular formula is C13H16Cl2N2O. The van der Waals surface area contributed by atoms with Crippen LogP contribution >= 0.6 is 23.2 Å². The van der Waals surface area contributed by atoms with E-state index < -0.39 is 0 Å². The second-order valence-electron chi connectivity index (χ2n) is 4.56. The van der Waals surface area contributed by atoms with E-state index in [2.05, 4.69) is 0 Å². The molecule has 3 nitrogen and oxygen atoms in total.